The van der Waals surface area contributed by atoms with Gasteiger partial charge in [0.25, 0.3) is 0 Å². The van der Waals surface area contributed by atoms with Crippen LogP contribution in [-0.4, -0.2) is 18.1 Å². The summed E-state index contributed by atoms with van der Waals surface area (Å²) in [6, 6.07) is 4.29. The van der Waals surface area contributed by atoms with Crippen LogP contribution >= 0.6 is 0 Å². The molecule has 0 radical (unpaired) electrons. The van der Waals surface area contributed by atoms with Crippen molar-refractivity contribution in [2.75, 3.05) is 13.1 Å². The number of rotatable bonds is 5. The van der Waals surface area contributed by atoms with E-state index >= 15 is 0 Å². The molecule has 1 fully saturated rings. The van der Waals surface area contributed by atoms with Gasteiger partial charge in [0.2, 0.25) is 0 Å². The highest BCUT2D eigenvalue weighted by Gasteiger charge is 2.32. The van der Waals surface area contributed by atoms with Crippen molar-refractivity contribution in [1.29, 1.82) is 0 Å². The third kappa shape index (κ3) is 2.76. The van der Waals surface area contributed by atoms with E-state index in [1.165, 1.54) is 12.0 Å². The van der Waals surface area contributed by atoms with Gasteiger partial charge < -0.3 is 11.1 Å². The number of nitrogens with two attached hydrogens (primary N) is 1. The van der Waals surface area contributed by atoms with Gasteiger partial charge in [-0.1, -0.05) is 13.0 Å². The van der Waals surface area contributed by atoms with Gasteiger partial charge in [0.1, 0.15) is 0 Å². The fourth-order valence-electron chi connectivity index (χ4n) is 1.90. The molecule has 3 unspecified atom stereocenters. The molecule has 0 spiro atoms. The molecule has 3 heteroatoms. The van der Waals surface area contributed by atoms with Crippen LogP contribution in [-0.2, 0) is 0 Å². The quantitative estimate of drug-likeness (QED) is 0.762. The summed E-state index contributed by atoms with van der Waals surface area (Å²) in [5.74, 6) is 1.75. The number of pyridine rings is 1. The van der Waals surface area contributed by atoms with Gasteiger partial charge in [-0.05, 0) is 36.4 Å². The topological polar surface area (TPSA) is 50.9 Å². The Morgan fingerprint density at radius 1 is 1.67 bits per heavy atom. The summed E-state index contributed by atoms with van der Waals surface area (Å²) < 4.78 is 0. The first kappa shape index (κ1) is 10.6. The smallest absolute Gasteiger partial charge is 0.0459 e. The molecule has 1 aliphatic rings. The Kier molecular flexibility index (Phi) is 3.34. The summed E-state index contributed by atoms with van der Waals surface area (Å²) in [7, 11) is 0. The van der Waals surface area contributed by atoms with Crippen LogP contribution in [0.3, 0.4) is 0 Å². The van der Waals surface area contributed by atoms with Gasteiger partial charge in [0.05, 0.1) is 0 Å². The van der Waals surface area contributed by atoms with Crippen molar-refractivity contribution < 1.29 is 0 Å². The predicted molar refractivity (Wildman–Crippen MR) is 61.3 cm³/mol. The summed E-state index contributed by atoms with van der Waals surface area (Å²) in [5.41, 5.74) is 6.94. The van der Waals surface area contributed by atoms with E-state index in [0.29, 0.717) is 6.54 Å². The number of hydrogen-bond acceptors (Lipinski definition) is 3. The average molecular weight is 205 g/mol. The highest BCUT2D eigenvalue weighted by Crippen LogP contribution is 2.37. The average Bonchev–Trinajstić information content (AvgIpc) is 2.97. The first-order valence-electron chi connectivity index (χ1n) is 5.64. The zero-order valence-corrected chi connectivity index (χ0v) is 9.19. The zero-order valence-electron chi connectivity index (χ0n) is 9.19. The molecule has 15 heavy (non-hydrogen) atoms. The minimum atomic E-state index is 0.256. The fraction of sp³-hybridized carbons (Fsp3) is 0.583. The van der Waals surface area contributed by atoms with E-state index in [1.807, 2.05) is 12.3 Å². The Morgan fingerprint density at radius 2 is 2.47 bits per heavy atom. The molecule has 0 saturated heterocycles. The highest BCUT2D eigenvalue weighted by molar-refractivity contribution is 5.14. The van der Waals surface area contributed by atoms with Gasteiger partial charge >= 0.3 is 0 Å². The van der Waals surface area contributed by atoms with Gasteiger partial charge in [0, 0.05) is 25.0 Å². The lowest BCUT2D eigenvalue weighted by Gasteiger charge is -2.16. The largest absolute Gasteiger partial charge is 0.329 e. The Bertz CT molecular complexity index is 299. The van der Waals surface area contributed by atoms with Crippen LogP contribution in [0.1, 0.15) is 24.9 Å². The van der Waals surface area contributed by atoms with Crippen molar-refractivity contribution in [2.24, 2.45) is 17.6 Å². The maximum absolute atomic E-state index is 5.76. The van der Waals surface area contributed by atoms with Crippen LogP contribution in [0.5, 0.6) is 0 Å². The second-order valence-electron chi connectivity index (χ2n) is 4.46. The summed E-state index contributed by atoms with van der Waals surface area (Å²) in [6.07, 6.45) is 5.04. The molecule has 3 N–H and O–H groups in total. The van der Waals surface area contributed by atoms with Crippen molar-refractivity contribution in [3.05, 3.63) is 30.1 Å². The molecule has 3 atom stereocenters. The van der Waals surface area contributed by atoms with E-state index in [4.69, 9.17) is 5.73 Å². The van der Waals surface area contributed by atoms with Crippen LogP contribution in [0.4, 0.5) is 0 Å². The Balaban J connectivity index is 1.87. The Hall–Kier alpha value is -0.930. The molecule has 0 amide bonds. The Morgan fingerprint density at radius 3 is 3.00 bits per heavy atom. The van der Waals surface area contributed by atoms with Crippen LogP contribution in [0.2, 0.25) is 0 Å². The van der Waals surface area contributed by atoms with Gasteiger partial charge in [0.15, 0.2) is 0 Å². The molecule has 82 valence electrons. The summed E-state index contributed by atoms with van der Waals surface area (Å²) in [6.45, 7) is 4.01. The van der Waals surface area contributed by atoms with Crippen LogP contribution in [0.15, 0.2) is 24.5 Å². The molecule has 1 saturated carbocycles. The second kappa shape index (κ2) is 4.73. The van der Waals surface area contributed by atoms with Crippen LogP contribution < -0.4 is 11.1 Å². The molecule has 2 rings (SSSR count). The molecule has 0 aliphatic heterocycles. The SMILES string of the molecule is CC1CC1CNC(CN)c1cccnc1. The zero-order chi connectivity index (χ0) is 10.7. The van der Waals surface area contributed by atoms with Gasteiger partial charge in [-0.3, -0.25) is 4.98 Å². The standard InChI is InChI=1S/C12H19N3/c1-9-5-11(9)8-15-12(6-13)10-3-2-4-14-7-10/h2-4,7,9,11-12,15H,5-6,8,13H2,1H3. The molecule has 1 aromatic heterocycles. The highest BCUT2D eigenvalue weighted by atomic mass is 14.9. The molecule has 1 aromatic rings. The molecular weight excluding hydrogens is 186 g/mol. The third-order valence-corrected chi connectivity index (χ3v) is 3.23. The lowest BCUT2D eigenvalue weighted by atomic mass is 10.1. The second-order valence-corrected chi connectivity index (χ2v) is 4.46. The van der Waals surface area contributed by atoms with Gasteiger partial charge in [-0.2, -0.15) is 0 Å². The normalized spacial score (nSPS) is 26.3. The van der Waals surface area contributed by atoms with Crippen LogP contribution in [0.25, 0.3) is 0 Å². The lowest BCUT2D eigenvalue weighted by molar-refractivity contribution is 0.510. The van der Waals surface area contributed by atoms with E-state index in [0.717, 1.165) is 18.4 Å². The maximum Gasteiger partial charge on any atom is 0.0459 e. The number of hydrogen-bond donors (Lipinski definition) is 2. The third-order valence-electron chi connectivity index (χ3n) is 3.23. The van der Waals surface area contributed by atoms with Crippen molar-refractivity contribution >= 4 is 0 Å². The summed E-state index contributed by atoms with van der Waals surface area (Å²) in [4.78, 5) is 4.12. The Labute approximate surface area is 91.1 Å². The van der Waals surface area contributed by atoms with Crippen molar-refractivity contribution in [1.82, 2.24) is 10.3 Å². The maximum atomic E-state index is 5.76. The first-order chi connectivity index (χ1) is 7.31. The number of aromatic nitrogens is 1. The number of nitrogens with one attached hydrogen (secondary N) is 1. The number of nitrogens with zero attached hydrogens (tertiary/aromatic N) is 1. The van der Waals surface area contributed by atoms with E-state index in [2.05, 4.69) is 23.3 Å². The molecule has 1 aliphatic carbocycles. The minimum Gasteiger partial charge on any atom is -0.329 e. The molecule has 0 bridgehead atoms. The van der Waals surface area contributed by atoms with E-state index in [-0.39, 0.29) is 6.04 Å². The predicted octanol–water partition coefficient (Wildman–Crippen LogP) is 1.33. The van der Waals surface area contributed by atoms with E-state index in [1.54, 1.807) is 6.20 Å². The monoisotopic (exact) mass is 205 g/mol. The molecule has 0 aromatic carbocycles. The first-order valence-corrected chi connectivity index (χ1v) is 5.64. The van der Waals surface area contributed by atoms with E-state index < -0.39 is 0 Å². The van der Waals surface area contributed by atoms with Crippen molar-refractivity contribution in [3.63, 3.8) is 0 Å². The van der Waals surface area contributed by atoms with E-state index in [9.17, 15) is 0 Å². The van der Waals surface area contributed by atoms with Crippen LogP contribution in [0, 0.1) is 11.8 Å². The lowest BCUT2D eigenvalue weighted by Crippen LogP contribution is -2.30. The molecule has 1 heterocycles. The molecule has 3 nitrogen and oxygen atoms in total. The molecular formula is C12H19N3. The fourth-order valence-corrected chi connectivity index (χ4v) is 1.90. The summed E-state index contributed by atoms with van der Waals surface area (Å²) in [5, 5.41) is 3.51. The van der Waals surface area contributed by atoms with Crippen molar-refractivity contribution in [2.45, 2.75) is 19.4 Å². The minimum absolute atomic E-state index is 0.256. The summed E-state index contributed by atoms with van der Waals surface area (Å²) >= 11 is 0. The van der Waals surface area contributed by atoms with Gasteiger partial charge in [-0.15, -0.1) is 0 Å². The van der Waals surface area contributed by atoms with Gasteiger partial charge in [-0.25, -0.2) is 0 Å². The van der Waals surface area contributed by atoms with Crippen molar-refractivity contribution in [3.8, 4) is 0 Å².